The lowest BCUT2D eigenvalue weighted by molar-refractivity contribution is -0.139. The van der Waals surface area contributed by atoms with E-state index >= 15 is 0 Å². The number of hydrogen-bond donors (Lipinski definition) is 1. The van der Waals surface area contributed by atoms with Crippen molar-refractivity contribution in [1.82, 2.24) is 10.2 Å². The van der Waals surface area contributed by atoms with Gasteiger partial charge in [0.1, 0.15) is 12.6 Å². The second-order valence-corrected chi connectivity index (χ2v) is 11.9. The first-order valence-corrected chi connectivity index (χ1v) is 15.0. The summed E-state index contributed by atoms with van der Waals surface area (Å²) in [6.45, 7) is 1.34. The quantitative estimate of drug-likeness (QED) is 0.260. The minimum atomic E-state index is -4.13. The van der Waals surface area contributed by atoms with Gasteiger partial charge in [-0.25, -0.2) is 8.42 Å². The van der Waals surface area contributed by atoms with E-state index in [0.717, 1.165) is 9.87 Å². The van der Waals surface area contributed by atoms with E-state index in [2.05, 4.69) is 5.32 Å². The molecule has 41 heavy (non-hydrogen) atoms. The smallest absolute Gasteiger partial charge is 0.264 e. The van der Waals surface area contributed by atoms with Crippen molar-refractivity contribution in [1.29, 1.82) is 0 Å². The molecule has 0 fully saturated rings. The maximum absolute atomic E-state index is 14.3. The van der Waals surface area contributed by atoms with Crippen molar-refractivity contribution in [3.05, 3.63) is 131 Å². The molecule has 0 radical (unpaired) electrons. The highest BCUT2D eigenvalue weighted by molar-refractivity contribution is 7.92. The molecule has 0 aliphatic carbocycles. The highest BCUT2D eigenvalue weighted by Crippen LogP contribution is 2.27. The number of halogens is 1. The number of likely N-dealkylation sites (N-methyl/N-ethyl adjacent to an activating group) is 1. The summed E-state index contributed by atoms with van der Waals surface area (Å²) < 4.78 is 29.0. The Hall–Kier alpha value is -4.14. The van der Waals surface area contributed by atoms with Crippen molar-refractivity contribution < 1.29 is 18.0 Å². The predicted molar refractivity (Wildman–Crippen MR) is 162 cm³/mol. The molecule has 1 N–H and O–H groups in total. The zero-order chi connectivity index (χ0) is 29.4. The van der Waals surface area contributed by atoms with E-state index in [4.69, 9.17) is 11.6 Å². The second kappa shape index (κ2) is 13.5. The highest BCUT2D eigenvalue weighted by Gasteiger charge is 2.34. The van der Waals surface area contributed by atoms with Gasteiger partial charge >= 0.3 is 0 Å². The van der Waals surface area contributed by atoms with Crippen LogP contribution in [0, 0.1) is 6.92 Å². The minimum Gasteiger partial charge on any atom is -0.357 e. The molecular weight excluding hydrogens is 558 g/mol. The molecule has 0 saturated carbocycles. The molecule has 9 heteroatoms. The summed E-state index contributed by atoms with van der Waals surface area (Å²) in [6.07, 6.45) is 0.239. The van der Waals surface area contributed by atoms with E-state index in [-0.39, 0.29) is 23.8 Å². The zero-order valence-electron chi connectivity index (χ0n) is 22.9. The fourth-order valence-electron chi connectivity index (χ4n) is 4.63. The molecular formula is C32H32ClN3O4S. The first-order valence-electron chi connectivity index (χ1n) is 13.1. The van der Waals surface area contributed by atoms with Crippen LogP contribution in [0.15, 0.2) is 114 Å². The molecule has 0 spiro atoms. The number of carbonyl (C=O) groups is 2. The van der Waals surface area contributed by atoms with Gasteiger partial charge in [0.15, 0.2) is 0 Å². The third kappa shape index (κ3) is 7.34. The molecule has 2 amide bonds. The summed E-state index contributed by atoms with van der Waals surface area (Å²) in [7, 11) is -2.62. The standard InChI is InChI=1S/C32H32ClN3O4S/c1-24-12-9-10-19-29(24)36(41(39,40)28-17-7-4-8-18-28)23-31(37)35(22-26-15-11-16-27(33)20-26)30(32(38)34-2)21-25-13-5-3-6-14-25/h3-20,30H,21-23H2,1-2H3,(H,34,38). The molecule has 7 nitrogen and oxygen atoms in total. The van der Waals surface area contributed by atoms with E-state index in [9.17, 15) is 18.0 Å². The Labute approximate surface area is 246 Å². The molecule has 0 bridgehead atoms. The summed E-state index contributed by atoms with van der Waals surface area (Å²) in [4.78, 5) is 29.0. The Bertz CT molecular complexity index is 1600. The van der Waals surface area contributed by atoms with Gasteiger partial charge in [-0.05, 0) is 53.9 Å². The fourth-order valence-corrected chi connectivity index (χ4v) is 6.34. The van der Waals surface area contributed by atoms with Gasteiger partial charge in [0.05, 0.1) is 10.6 Å². The average Bonchev–Trinajstić information content (AvgIpc) is 2.98. The number of sulfonamides is 1. The normalized spacial score (nSPS) is 11.9. The predicted octanol–water partition coefficient (Wildman–Crippen LogP) is 5.23. The van der Waals surface area contributed by atoms with E-state index in [1.54, 1.807) is 67.6 Å². The molecule has 0 saturated heterocycles. The maximum Gasteiger partial charge on any atom is 0.264 e. The van der Waals surface area contributed by atoms with Crippen molar-refractivity contribution >= 4 is 39.1 Å². The Morgan fingerprint density at radius 1 is 0.829 bits per heavy atom. The van der Waals surface area contributed by atoms with Crippen molar-refractivity contribution in [3.63, 3.8) is 0 Å². The van der Waals surface area contributed by atoms with Crippen LogP contribution in [0.3, 0.4) is 0 Å². The number of benzene rings is 4. The van der Waals surface area contributed by atoms with Gasteiger partial charge < -0.3 is 10.2 Å². The van der Waals surface area contributed by atoms with Crippen LogP contribution in [0.2, 0.25) is 5.02 Å². The Kier molecular flexibility index (Phi) is 9.81. The van der Waals surface area contributed by atoms with Gasteiger partial charge in [-0.2, -0.15) is 0 Å². The van der Waals surface area contributed by atoms with E-state index in [0.29, 0.717) is 21.8 Å². The number of para-hydroxylation sites is 1. The summed E-state index contributed by atoms with van der Waals surface area (Å²) in [6, 6.07) is 30.5. The van der Waals surface area contributed by atoms with Crippen LogP contribution in [0.4, 0.5) is 5.69 Å². The van der Waals surface area contributed by atoms with Crippen LogP contribution in [-0.2, 0) is 32.6 Å². The molecule has 4 aromatic carbocycles. The van der Waals surface area contributed by atoms with Gasteiger partial charge in [-0.15, -0.1) is 0 Å². The third-order valence-corrected chi connectivity index (χ3v) is 8.76. The second-order valence-electron chi connectivity index (χ2n) is 9.58. The lowest BCUT2D eigenvalue weighted by Crippen LogP contribution is -2.53. The third-order valence-electron chi connectivity index (χ3n) is 6.75. The van der Waals surface area contributed by atoms with Crippen LogP contribution in [0.25, 0.3) is 0 Å². The van der Waals surface area contributed by atoms with Gasteiger partial charge in [0.2, 0.25) is 11.8 Å². The molecule has 4 rings (SSSR count). The Balaban J connectivity index is 1.79. The number of nitrogens with one attached hydrogen (secondary N) is 1. The lowest BCUT2D eigenvalue weighted by Gasteiger charge is -2.34. The Morgan fingerprint density at radius 3 is 2.07 bits per heavy atom. The minimum absolute atomic E-state index is 0.0529. The number of carbonyl (C=O) groups excluding carboxylic acids is 2. The van der Waals surface area contributed by atoms with E-state index in [1.807, 2.05) is 36.4 Å². The largest absolute Gasteiger partial charge is 0.357 e. The first-order chi connectivity index (χ1) is 19.7. The van der Waals surface area contributed by atoms with Crippen LogP contribution in [-0.4, -0.2) is 44.8 Å². The van der Waals surface area contributed by atoms with Crippen LogP contribution < -0.4 is 9.62 Å². The SMILES string of the molecule is CNC(=O)C(Cc1ccccc1)N(Cc1cccc(Cl)c1)C(=O)CN(c1ccccc1C)S(=O)(=O)c1ccccc1. The van der Waals surface area contributed by atoms with Gasteiger partial charge in [-0.3, -0.25) is 13.9 Å². The van der Waals surface area contributed by atoms with Crippen molar-refractivity contribution in [2.45, 2.75) is 30.8 Å². The summed E-state index contributed by atoms with van der Waals surface area (Å²) >= 11 is 6.25. The summed E-state index contributed by atoms with van der Waals surface area (Å²) in [5.41, 5.74) is 2.64. The first kappa shape index (κ1) is 29.8. The van der Waals surface area contributed by atoms with Gasteiger partial charge in [0, 0.05) is 25.0 Å². The molecule has 4 aromatic rings. The lowest BCUT2D eigenvalue weighted by atomic mass is 10.0. The summed E-state index contributed by atoms with van der Waals surface area (Å²) in [5.74, 6) is -0.894. The molecule has 0 heterocycles. The number of nitrogens with zero attached hydrogens (tertiary/aromatic N) is 2. The topological polar surface area (TPSA) is 86.8 Å². The molecule has 0 aliphatic heterocycles. The van der Waals surface area contributed by atoms with Gasteiger partial charge in [0.25, 0.3) is 10.0 Å². The van der Waals surface area contributed by atoms with E-state index < -0.39 is 28.5 Å². The average molecular weight is 590 g/mol. The fraction of sp³-hybridized carbons (Fsp3) is 0.188. The molecule has 0 aliphatic rings. The van der Waals surface area contributed by atoms with Crippen LogP contribution in [0.1, 0.15) is 16.7 Å². The summed E-state index contributed by atoms with van der Waals surface area (Å²) in [5, 5.41) is 3.17. The molecule has 212 valence electrons. The molecule has 0 aromatic heterocycles. The van der Waals surface area contributed by atoms with Gasteiger partial charge in [-0.1, -0.05) is 90.5 Å². The molecule has 1 unspecified atom stereocenters. The number of aryl methyl sites for hydroxylation is 1. The van der Waals surface area contributed by atoms with Crippen molar-refractivity contribution in [2.75, 3.05) is 17.9 Å². The number of amides is 2. The van der Waals surface area contributed by atoms with Crippen molar-refractivity contribution in [3.8, 4) is 0 Å². The van der Waals surface area contributed by atoms with Crippen LogP contribution in [0.5, 0.6) is 0 Å². The Morgan fingerprint density at radius 2 is 1.44 bits per heavy atom. The van der Waals surface area contributed by atoms with Crippen molar-refractivity contribution in [2.24, 2.45) is 0 Å². The number of rotatable bonds is 11. The number of anilines is 1. The van der Waals surface area contributed by atoms with E-state index in [1.165, 1.54) is 24.1 Å². The number of hydrogen-bond acceptors (Lipinski definition) is 4. The zero-order valence-corrected chi connectivity index (χ0v) is 24.5. The van der Waals surface area contributed by atoms with Crippen LogP contribution >= 0.6 is 11.6 Å². The highest BCUT2D eigenvalue weighted by atomic mass is 35.5. The maximum atomic E-state index is 14.3. The molecule has 1 atom stereocenters. The monoisotopic (exact) mass is 589 g/mol.